The molecular formula is C24H23N3OS. The number of rotatable bonds is 4. The van der Waals surface area contributed by atoms with Gasteiger partial charge in [-0.1, -0.05) is 42.5 Å². The molecule has 5 rings (SSSR count). The van der Waals surface area contributed by atoms with E-state index < -0.39 is 0 Å². The Labute approximate surface area is 174 Å². The van der Waals surface area contributed by atoms with E-state index in [4.69, 9.17) is 0 Å². The van der Waals surface area contributed by atoms with Crippen molar-refractivity contribution in [2.45, 2.75) is 18.9 Å². The molecule has 29 heavy (non-hydrogen) atoms. The number of pyridine rings is 1. The van der Waals surface area contributed by atoms with E-state index in [-0.39, 0.29) is 5.91 Å². The number of nitrogens with one attached hydrogen (secondary N) is 1. The maximum absolute atomic E-state index is 12.6. The number of likely N-dealkylation sites (tertiary alicyclic amines) is 1. The van der Waals surface area contributed by atoms with Crippen LogP contribution in [0.15, 0.2) is 60.8 Å². The lowest BCUT2D eigenvalue weighted by molar-refractivity contribution is 0.0966. The summed E-state index contributed by atoms with van der Waals surface area (Å²) in [5.41, 5.74) is 3.58. The zero-order chi connectivity index (χ0) is 19.8. The predicted molar refractivity (Wildman–Crippen MR) is 120 cm³/mol. The standard InChI is InChI=1S/C24H23N3OS/c1-25-24(28)23-21(19-9-2-3-10-20(19)29-23)17-11-13-27(14-17)15-18-7-4-6-16-8-5-12-26-22(16)18/h2-10,12,17H,11,13-15H2,1H3,(H,25,28)/t17-/m1/s1. The van der Waals surface area contributed by atoms with Crippen molar-refractivity contribution in [3.63, 3.8) is 0 Å². The Morgan fingerprint density at radius 3 is 2.93 bits per heavy atom. The van der Waals surface area contributed by atoms with Crippen LogP contribution in [0.3, 0.4) is 0 Å². The fraction of sp³-hybridized carbons (Fsp3) is 0.250. The van der Waals surface area contributed by atoms with E-state index in [2.05, 4.69) is 57.7 Å². The van der Waals surface area contributed by atoms with Gasteiger partial charge in [0.15, 0.2) is 0 Å². The largest absolute Gasteiger partial charge is 0.354 e. The van der Waals surface area contributed by atoms with Gasteiger partial charge >= 0.3 is 0 Å². The zero-order valence-electron chi connectivity index (χ0n) is 16.4. The Morgan fingerprint density at radius 2 is 2.03 bits per heavy atom. The van der Waals surface area contributed by atoms with Crippen molar-refractivity contribution < 1.29 is 4.79 Å². The van der Waals surface area contributed by atoms with Crippen LogP contribution in [0.2, 0.25) is 0 Å². The molecule has 2 aromatic carbocycles. The molecule has 1 fully saturated rings. The lowest BCUT2D eigenvalue weighted by atomic mass is 9.95. The van der Waals surface area contributed by atoms with Gasteiger partial charge in [-0.25, -0.2) is 0 Å². The number of nitrogens with zero attached hydrogens (tertiary/aromatic N) is 2. The van der Waals surface area contributed by atoms with Gasteiger partial charge in [-0.2, -0.15) is 0 Å². The van der Waals surface area contributed by atoms with E-state index in [0.717, 1.165) is 36.4 Å². The van der Waals surface area contributed by atoms with Crippen LogP contribution in [-0.2, 0) is 6.54 Å². The first kappa shape index (κ1) is 18.3. The number of hydrogen-bond donors (Lipinski definition) is 1. The molecule has 4 aromatic rings. The molecule has 146 valence electrons. The maximum atomic E-state index is 12.6. The third kappa shape index (κ3) is 3.30. The first-order chi connectivity index (χ1) is 14.2. The number of carbonyl (C=O) groups is 1. The van der Waals surface area contributed by atoms with Crippen molar-refractivity contribution in [3.05, 3.63) is 76.8 Å². The van der Waals surface area contributed by atoms with Crippen molar-refractivity contribution in [1.29, 1.82) is 0 Å². The lowest BCUT2D eigenvalue weighted by Crippen LogP contribution is -2.21. The number of thiophene rings is 1. The molecule has 0 unspecified atom stereocenters. The number of para-hydroxylation sites is 1. The average molecular weight is 402 g/mol. The molecule has 5 heteroatoms. The zero-order valence-corrected chi connectivity index (χ0v) is 17.2. The second kappa shape index (κ2) is 7.58. The highest BCUT2D eigenvalue weighted by molar-refractivity contribution is 7.21. The van der Waals surface area contributed by atoms with Crippen molar-refractivity contribution >= 4 is 38.2 Å². The summed E-state index contributed by atoms with van der Waals surface area (Å²) in [7, 11) is 1.71. The van der Waals surface area contributed by atoms with Crippen LogP contribution in [0.1, 0.15) is 33.1 Å². The van der Waals surface area contributed by atoms with Gasteiger partial charge in [0.05, 0.1) is 10.4 Å². The summed E-state index contributed by atoms with van der Waals surface area (Å²) in [6.45, 7) is 2.89. The summed E-state index contributed by atoms with van der Waals surface area (Å²) < 4.78 is 1.19. The molecule has 1 atom stereocenters. The Balaban J connectivity index is 1.45. The molecule has 3 heterocycles. The number of benzene rings is 2. The van der Waals surface area contributed by atoms with Crippen molar-refractivity contribution in [3.8, 4) is 0 Å². The molecular weight excluding hydrogens is 378 g/mol. The Kier molecular flexibility index (Phi) is 4.78. The van der Waals surface area contributed by atoms with E-state index in [9.17, 15) is 4.79 Å². The summed E-state index contributed by atoms with van der Waals surface area (Å²) in [6, 6.07) is 18.9. The quantitative estimate of drug-likeness (QED) is 0.534. The van der Waals surface area contributed by atoms with E-state index in [1.807, 2.05) is 18.3 Å². The molecule has 0 saturated carbocycles. The van der Waals surface area contributed by atoms with Crippen LogP contribution < -0.4 is 5.32 Å². The van der Waals surface area contributed by atoms with E-state index in [1.54, 1.807) is 18.4 Å². The first-order valence-electron chi connectivity index (χ1n) is 10.0. The average Bonchev–Trinajstić information content (AvgIpc) is 3.37. The minimum absolute atomic E-state index is 0.0258. The molecule has 2 aromatic heterocycles. The summed E-state index contributed by atoms with van der Waals surface area (Å²) in [5.74, 6) is 0.402. The number of amides is 1. The van der Waals surface area contributed by atoms with Gasteiger partial charge in [0, 0.05) is 42.3 Å². The second-order valence-corrected chi connectivity index (χ2v) is 8.69. The van der Waals surface area contributed by atoms with E-state index in [0.29, 0.717) is 5.92 Å². The number of hydrogen-bond acceptors (Lipinski definition) is 4. The molecule has 4 nitrogen and oxygen atoms in total. The third-order valence-electron chi connectivity index (χ3n) is 5.86. The molecule has 0 radical (unpaired) electrons. The van der Waals surface area contributed by atoms with Gasteiger partial charge in [0.25, 0.3) is 5.91 Å². The van der Waals surface area contributed by atoms with Gasteiger partial charge in [0.2, 0.25) is 0 Å². The SMILES string of the molecule is CNC(=O)c1sc2ccccc2c1[C@@H]1CCN(Cc2cccc3cccnc23)C1. The molecule has 0 aliphatic carbocycles. The number of carbonyl (C=O) groups excluding carboxylic acids is 1. The minimum Gasteiger partial charge on any atom is -0.354 e. The lowest BCUT2D eigenvalue weighted by Gasteiger charge is -2.17. The Bertz CT molecular complexity index is 1190. The van der Waals surface area contributed by atoms with Gasteiger partial charge in [0.1, 0.15) is 0 Å². The topological polar surface area (TPSA) is 45.2 Å². The van der Waals surface area contributed by atoms with Crippen LogP contribution in [0.25, 0.3) is 21.0 Å². The highest BCUT2D eigenvalue weighted by Crippen LogP contribution is 2.40. The Morgan fingerprint density at radius 1 is 1.17 bits per heavy atom. The normalized spacial score (nSPS) is 17.2. The van der Waals surface area contributed by atoms with Gasteiger partial charge < -0.3 is 5.32 Å². The first-order valence-corrected chi connectivity index (χ1v) is 10.8. The van der Waals surface area contributed by atoms with Crippen LogP contribution >= 0.6 is 11.3 Å². The van der Waals surface area contributed by atoms with Gasteiger partial charge in [-0.15, -0.1) is 11.3 Å². The second-order valence-electron chi connectivity index (χ2n) is 7.63. The van der Waals surface area contributed by atoms with Crippen molar-refractivity contribution in [2.24, 2.45) is 0 Å². The predicted octanol–water partition coefficient (Wildman–Crippen LogP) is 4.80. The summed E-state index contributed by atoms with van der Waals surface area (Å²) in [4.78, 5) is 20.5. The molecule has 1 aliphatic heterocycles. The summed E-state index contributed by atoms with van der Waals surface area (Å²) >= 11 is 1.61. The van der Waals surface area contributed by atoms with Crippen LogP contribution in [0, 0.1) is 0 Å². The van der Waals surface area contributed by atoms with Crippen LogP contribution in [-0.4, -0.2) is 35.9 Å². The van der Waals surface area contributed by atoms with Crippen LogP contribution in [0.5, 0.6) is 0 Å². The summed E-state index contributed by atoms with van der Waals surface area (Å²) in [5, 5.41) is 5.24. The van der Waals surface area contributed by atoms with Gasteiger partial charge in [-0.3, -0.25) is 14.7 Å². The highest BCUT2D eigenvalue weighted by atomic mass is 32.1. The van der Waals surface area contributed by atoms with Gasteiger partial charge in [-0.05, 0) is 41.6 Å². The third-order valence-corrected chi connectivity index (χ3v) is 7.04. The van der Waals surface area contributed by atoms with E-state index >= 15 is 0 Å². The maximum Gasteiger partial charge on any atom is 0.261 e. The fourth-order valence-corrected chi connectivity index (χ4v) is 5.74. The molecule has 1 N–H and O–H groups in total. The molecule has 1 amide bonds. The highest BCUT2D eigenvalue weighted by Gasteiger charge is 2.30. The van der Waals surface area contributed by atoms with Crippen molar-refractivity contribution in [1.82, 2.24) is 15.2 Å². The summed E-state index contributed by atoms with van der Waals surface area (Å²) in [6.07, 6.45) is 2.94. The minimum atomic E-state index is 0.0258. The molecule has 1 saturated heterocycles. The van der Waals surface area contributed by atoms with E-state index in [1.165, 1.54) is 26.6 Å². The smallest absolute Gasteiger partial charge is 0.261 e. The van der Waals surface area contributed by atoms with Crippen LogP contribution in [0.4, 0.5) is 0 Å². The molecule has 1 aliphatic rings. The number of fused-ring (bicyclic) bond motifs is 2. The van der Waals surface area contributed by atoms with Crippen molar-refractivity contribution in [2.75, 3.05) is 20.1 Å². The molecule has 0 spiro atoms. The number of aromatic nitrogens is 1. The monoisotopic (exact) mass is 401 g/mol. The Hall–Kier alpha value is -2.76. The molecule has 0 bridgehead atoms. The fourth-order valence-electron chi connectivity index (χ4n) is 4.50.